The van der Waals surface area contributed by atoms with Crippen LogP contribution in [0.3, 0.4) is 0 Å². The Kier molecular flexibility index (Phi) is 4.12. The molecule has 1 unspecified atom stereocenters. The topological polar surface area (TPSA) is 34.1 Å². The van der Waals surface area contributed by atoms with Crippen LogP contribution in [0.15, 0.2) is 66.9 Å². The number of hydrogen-bond acceptors (Lipinski definition) is 3. The minimum atomic E-state index is -0.0286. The highest BCUT2D eigenvalue weighted by Gasteiger charge is 2.12. The molecule has 1 aromatic heterocycles. The lowest BCUT2D eigenvalue weighted by molar-refractivity contribution is 0.204. The lowest BCUT2D eigenvalue weighted by Crippen LogP contribution is -2.21. The molecule has 0 aliphatic carbocycles. The van der Waals surface area contributed by atoms with Crippen LogP contribution < -0.4 is 10.1 Å². The summed E-state index contributed by atoms with van der Waals surface area (Å²) >= 11 is 0. The summed E-state index contributed by atoms with van der Waals surface area (Å²) < 4.78 is 6.12. The molecule has 1 N–H and O–H groups in total. The van der Waals surface area contributed by atoms with E-state index < -0.39 is 0 Å². The monoisotopic (exact) mass is 278 g/mol. The summed E-state index contributed by atoms with van der Waals surface area (Å²) in [6, 6.07) is 20.3. The zero-order valence-electron chi connectivity index (χ0n) is 12.0. The molecule has 0 fully saturated rings. The van der Waals surface area contributed by atoms with Crippen molar-refractivity contribution in [2.45, 2.75) is 6.10 Å². The van der Waals surface area contributed by atoms with E-state index in [1.165, 1.54) is 0 Å². The maximum atomic E-state index is 6.12. The third-order valence-corrected chi connectivity index (χ3v) is 3.40. The van der Waals surface area contributed by atoms with Gasteiger partial charge in [0, 0.05) is 11.9 Å². The van der Waals surface area contributed by atoms with Gasteiger partial charge in [0.15, 0.2) is 0 Å². The molecule has 1 atom stereocenters. The molecule has 3 heteroatoms. The summed E-state index contributed by atoms with van der Waals surface area (Å²) in [7, 11) is 1.93. The molecule has 3 nitrogen and oxygen atoms in total. The van der Waals surface area contributed by atoms with Crippen molar-refractivity contribution in [1.29, 1.82) is 0 Å². The number of nitrogens with one attached hydrogen (secondary N) is 1. The average molecular weight is 278 g/mol. The molecule has 0 saturated heterocycles. The first-order valence-electron chi connectivity index (χ1n) is 7.08. The van der Waals surface area contributed by atoms with Gasteiger partial charge in [-0.3, -0.25) is 4.98 Å². The van der Waals surface area contributed by atoms with Gasteiger partial charge in [-0.2, -0.15) is 0 Å². The highest BCUT2D eigenvalue weighted by atomic mass is 16.5. The number of nitrogens with zero attached hydrogens (tertiary/aromatic N) is 1. The van der Waals surface area contributed by atoms with Crippen molar-refractivity contribution in [3.05, 3.63) is 72.4 Å². The maximum absolute atomic E-state index is 6.12. The predicted molar refractivity (Wildman–Crippen MR) is 85.5 cm³/mol. The molecule has 3 rings (SSSR count). The summed E-state index contributed by atoms with van der Waals surface area (Å²) in [4.78, 5) is 4.44. The minimum absolute atomic E-state index is 0.0286. The lowest BCUT2D eigenvalue weighted by Gasteiger charge is -2.19. The van der Waals surface area contributed by atoms with Crippen molar-refractivity contribution in [2.75, 3.05) is 13.6 Å². The van der Waals surface area contributed by atoms with Crippen LogP contribution in [-0.4, -0.2) is 18.6 Å². The zero-order valence-corrected chi connectivity index (χ0v) is 12.0. The van der Waals surface area contributed by atoms with Crippen molar-refractivity contribution in [2.24, 2.45) is 0 Å². The van der Waals surface area contributed by atoms with Gasteiger partial charge in [-0.1, -0.05) is 48.5 Å². The lowest BCUT2D eigenvalue weighted by atomic mass is 10.1. The number of ether oxygens (including phenoxy) is 1. The van der Waals surface area contributed by atoms with E-state index in [4.69, 9.17) is 4.74 Å². The Morgan fingerprint density at radius 3 is 2.62 bits per heavy atom. The van der Waals surface area contributed by atoms with Gasteiger partial charge in [-0.25, -0.2) is 0 Å². The van der Waals surface area contributed by atoms with Crippen LogP contribution >= 0.6 is 0 Å². The van der Waals surface area contributed by atoms with Gasteiger partial charge in [0.05, 0.1) is 11.7 Å². The van der Waals surface area contributed by atoms with Crippen LogP contribution in [0.5, 0.6) is 5.75 Å². The van der Waals surface area contributed by atoms with E-state index in [2.05, 4.69) is 22.4 Å². The van der Waals surface area contributed by atoms with Crippen LogP contribution in [0.25, 0.3) is 10.9 Å². The number of hydrogen-bond donors (Lipinski definition) is 1. The highest BCUT2D eigenvalue weighted by molar-refractivity contribution is 5.79. The third kappa shape index (κ3) is 3.20. The predicted octanol–water partition coefficient (Wildman–Crippen LogP) is 3.57. The van der Waals surface area contributed by atoms with Gasteiger partial charge in [0.25, 0.3) is 0 Å². The summed E-state index contributed by atoms with van der Waals surface area (Å²) in [5.74, 6) is 0.790. The van der Waals surface area contributed by atoms with Gasteiger partial charge >= 0.3 is 0 Å². The van der Waals surface area contributed by atoms with Crippen LogP contribution in [-0.2, 0) is 0 Å². The molecule has 0 amide bonds. The van der Waals surface area contributed by atoms with Crippen LogP contribution in [0.4, 0.5) is 0 Å². The Labute approximate surface area is 124 Å². The summed E-state index contributed by atoms with van der Waals surface area (Å²) in [6.45, 7) is 0.747. The third-order valence-electron chi connectivity index (χ3n) is 3.40. The normalized spacial score (nSPS) is 12.2. The van der Waals surface area contributed by atoms with E-state index in [0.717, 1.165) is 28.8 Å². The van der Waals surface area contributed by atoms with Crippen molar-refractivity contribution < 1.29 is 4.74 Å². The molecule has 0 radical (unpaired) electrons. The zero-order chi connectivity index (χ0) is 14.5. The number of fused-ring (bicyclic) bond motifs is 1. The van der Waals surface area contributed by atoms with Crippen molar-refractivity contribution in [1.82, 2.24) is 10.3 Å². The fraction of sp³-hybridized carbons (Fsp3) is 0.167. The van der Waals surface area contributed by atoms with E-state index in [1.54, 1.807) is 6.20 Å². The Morgan fingerprint density at radius 2 is 1.81 bits per heavy atom. The van der Waals surface area contributed by atoms with Gasteiger partial charge < -0.3 is 10.1 Å². The molecule has 0 saturated carbocycles. The number of likely N-dealkylation sites (N-methyl/N-ethyl adjacent to an activating group) is 1. The molecule has 1 heterocycles. The van der Waals surface area contributed by atoms with E-state index >= 15 is 0 Å². The SMILES string of the molecule is CNCC(Oc1cnc2ccccc2c1)c1ccccc1. The Morgan fingerprint density at radius 1 is 1.05 bits per heavy atom. The van der Waals surface area contributed by atoms with Crippen molar-refractivity contribution in [3.63, 3.8) is 0 Å². The first-order chi connectivity index (χ1) is 10.4. The van der Waals surface area contributed by atoms with Gasteiger partial charge in [0.1, 0.15) is 11.9 Å². The molecule has 0 bridgehead atoms. The molecular formula is C18H18N2O. The Bertz CT molecular complexity index is 712. The first-order valence-corrected chi connectivity index (χ1v) is 7.08. The van der Waals surface area contributed by atoms with E-state index in [9.17, 15) is 0 Å². The van der Waals surface area contributed by atoms with Crippen LogP contribution in [0, 0.1) is 0 Å². The molecule has 0 spiro atoms. The molecular weight excluding hydrogens is 260 g/mol. The fourth-order valence-corrected chi connectivity index (χ4v) is 2.36. The molecule has 21 heavy (non-hydrogen) atoms. The van der Waals surface area contributed by atoms with E-state index in [0.29, 0.717) is 0 Å². The average Bonchev–Trinajstić information content (AvgIpc) is 2.55. The summed E-state index contributed by atoms with van der Waals surface area (Å²) in [5, 5.41) is 4.27. The second-order valence-electron chi connectivity index (χ2n) is 4.94. The first kappa shape index (κ1) is 13.6. The Hall–Kier alpha value is -2.39. The highest BCUT2D eigenvalue weighted by Crippen LogP contribution is 2.24. The van der Waals surface area contributed by atoms with Crippen LogP contribution in [0.1, 0.15) is 11.7 Å². The van der Waals surface area contributed by atoms with Gasteiger partial charge in [-0.15, -0.1) is 0 Å². The standard InChI is InChI=1S/C18H18N2O/c1-19-13-18(14-7-3-2-4-8-14)21-16-11-15-9-5-6-10-17(15)20-12-16/h2-12,18-19H,13H2,1H3. The molecule has 2 aromatic carbocycles. The molecule has 106 valence electrons. The number of rotatable bonds is 5. The molecule has 0 aliphatic heterocycles. The quantitative estimate of drug-likeness (QED) is 0.774. The second-order valence-corrected chi connectivity index (χ2v) is 4.94. The number of benzene rings is 2. The van der Waals surface area contributed by atoms with Gasteiger partial charge in [-0.05, 0) is 24.7 Å². The van der Waals surface area contributed by atoms with Crippen molar-refractivity contribution in [3.8, 4) is 5.75 Å². The number of aromatic nitrogens is 1. The molecule has 0 aliphatic rings. The maximum Gasteiger partial charge on any atom is 0.139 e. The van der Waals surface area contributed by atoms with E-state index in [-0.39, 0.29) is 6.10 Å². The molecule has 3 aromatic rings. The van der Waals surface area contributed by atoms with Crippen LogP contribution in [0.2, 0.25) is 0 Å². The number of pyridine rings is 1. The summed E-state index contributed by atoms with van der Waals surface area (Å²) in [5.41, 5.74) is 2.13. The van der Waals surface area contributed by atoms with E-state index in [1.807, 2.05) is 55.6 Å². The summed E-state index contributed by atoms with van der Waals surface area (Å²) in [6.07, 6.45) is 1.76. The van der Waals surface area contributed by atoms with Crippen molar-refractivity contribution >= 4 is 10.9 Å². The number of para-hydroxylation sites is 1. The fourth-order valence-electron chi connectivity index (χ4n) is 2.36. The smallest absolute Gasteiger partial charge is 0.139 e. The van der Waals surface area contributed by atoms with Gasteiger partial charge in [0.2, 0.25) is 0 Å². The largest absolute Gasteiger partial charge is 0.483 e. The second kappa shape index (κ2) is 6.37. The Balaban J connectivity index is 1.87. The minimum Gasteiger partial charge on any atom is -0.483 e.